The summed E-state index contributed by atoms with van der Waals surface area (Å²) in [6.07, 6.45) is 3.01. The topological polar surface area (TPSA) is 49.4 Å². The molecule has 2 rings (SSSR count). The molecule has 4 nitrogen and oxygen atoms in total. The van der Waals surface area contributed by atoms with Crippen molar-refractivity contribution in [2.45, 2.75) is 38.8 Å². The number of rotatable bonds is 5. The number of hydrogen-bond acceptors (Lipinski definition) is 3. The lowest BCUT2D eigenvalue weighted by Crippen LogP contribution is -2.51. The molecular weight excluding hydrogens is 303 g/mol. The van der Waals surface area contributed by atoms with Crippen molar-refractivity contribution >= 4 is 10.0 Å². The van der Waals surface area contributed by atoms with Gasteiger partial charge in [0.05, 0.1) is 6.26 Å². The summed E-state index contributed by atoms with van der Waals surface area (Å²) in [6, 6.07) is 6.92. The number of nitrogens with one attached hydrogen (secondary N) is 1. The van der Waals surface area contributed by atoms with Crippen LogP contribution in [-0.2, 0) is 10.0 Å². The van der Waals surface area contributed by atoms with Gasteiger partial charge in [0.2, 0.25) is 10.0 Å². The fraction of sp³-hybridized carbons (Fsp3) is 0.625. The summed E-state index contributed by atoms with van der Waals surface area (Å²) in [5.74, 6) is 0.0650. The Kier molecular flexibility index (Phi) is 5.58. The molecule has 124 valence electrons. The third-order valence-electron chi connectivity index (χ3n) is 4.52. The van der Waals surface area contributed by atoms with Crippen LogP contribution in [0.3, 0.4) is 0 Å². The lowest BCUT2D eigenvalue weighted by Gasteiger charge is -2.38. The molecule has 1 saturated heterocycles. The van der Waals surface area contributed by atoms with Gasteiger partial charge >= 0.3 is 0 Å². The van der Waals surface area contributed by atoms with E-state index in [1.54, 1.807) is 16.4 Å². The van der Waals surface area contributed by atoms with Gasteiger partial charge in [0.1, 0.15) is 5.82 Å². The van der Waals surface area contributed by atoms with Crippen molar-refractivity contribution in [2.24, 2.45) is 5.92 Å². The van der Waals surface area contributed by atoms with E-state index in [1.807, 2.05) is 0 Å². The van der Waals surface area contributed by atoms with Crippen molar-refractivity contribution in [3.8, 4) is 0 Å². The Morgan fingerprint density at radius 2 is 2.00 bits per heavy atom. The standard InChI is InChI=1S/C16H25FN2O2S/c1-4-13-11-19(22(3,20)21)10-9-16(13)18-12(2)14-5-7-15(17)8-6-14/h5-8,12-13,16,18H,4,9-11H2,1-3H3/t12-,13-,16-/m1/s1. The van der Waals surface area contributed by atoms with Crippen molar-refractivity contribution in [1.82, 2.24) is 9.62 Å². The van der Waals surface area contributed by atoms with Crippen LogP contribution in [0, 0.1) is 11.7 Å². The maximum atomic E-state index is 13.0. The SMILES string of the molecule is CC[C@@H]1CN(S(C)(=O)=O)CC[C@H]1N[C@H](C)c1ccc(F)cc1. The Labute approximate surface area is 132 Å². The van der Waals surface area contributed by atoms with Gasteiger partial charge in [-0.15, -0.1) is 0 Å². The summed E-state index contributed by atoms with van der Waals surface area (Å²) >= 11 is 0. The Balaban J connectivity index is 2.01. The molecule has 3 atom stereocenters. The molecule has 1 N–H and O–H groups in total. The molecule has 0 aromatic heterocycles. The minimum atomic E-state index is -3.11. The smallest absolute Gasteiger partial charge is 0.211 e. The molecule has 0 bridgehead atoms. The largest absolute Gasteiger partial charge is 0.307 e. The second-order valence-corrected chi connectivity index (χ2v) is 8.11. The number of nitrogens with zero attached hydrogens (tertiary/aromatic N) is 1. The maximum Gasteiger partial charge on any atom is 0.211 e. The molecule has 0 amide bonds. The van der Waals surface area contributed by atoms with Crippen molar-refractivity contribution in [2.75, 3.05) is 19.3 Å². The molecule has 1 heterocycles. The fourth-order valence-corrected chi connectivity index (χ4v) is 4.00. The summed E-state index contributed by atoms with van der Waals surface area (Å²) in [7, 11) is -3.11. The van der Waals surface area contributed by atoms with Crippen LogP contribution >= 0.6 is 0 Å². The van der Waals surface area contributed by atoms with E-state index >= 15 is 0 Å². The Hall–Kier alpha value is -0.980. The quantitative estimate of drug-likeness (QED) is 0.904. The van der Waals surface area contributed by atoms with Gasteiger partial charge in [0, 0.05) is 25.2 Å². The zero-order valence-corrected chi connectivity index (χ0v) is 14.2. The van der Waals surface area contributed by atoms with Crippen molar-refractivity contribution < 1.29 is 12.8 Å². The van der Waals surface area contributed by atoms with E-state index in [2.05, 4.69) is 19.2 Å². The number of halogens is 1. The first kappa shape index (κ1) is 17.4. The highest BCUT2D eigenvalue weighted by Crippen LogP contribution is 2.25. The van der Waals surface area contributed by atoms with E-state index in [-0.39, 0.29) is 17.9 Å². The van der Waals surface area contributed by atoms with E-state index in [0.717, 1.165) is 18.4 Å². The minimum absolute atomic E-state index is 0.115. The van der Waals surface area contributed by atoms with Crippen LogP contribution in [0.5, 0.6) is 0 Å². The monoisotopic (exact) mass is 328 g/mol. The summed E-state index contributed by atoms with van der Waals surface area (Å²) in [4.78, 5) is 0. The van der Waals surface area contributed by atoms with E-state index in [0.29, 0.717) is 19.0 Å². The molecule has 1 fully saturated rings. The number of sulfonamides is 1. The highest BCUT2D eigenvalue weighted by molar-refractivity contribution is 7.88. The zero-order valence-electron chi connectivity index (χ0n) is 13.4. The first-order chi connectivity index (χ1) is 10.3. The summed E-state index contributed by atoms with van der Waals surface area (Å²) < 4.78 is 38.0. The van der Waals surface area contributed by atoms with Gasteiger partial charge < -0.3 is 5.32 Å². The Bertz CT molecular complexity index is 589. The molecule has 22 heavy (non-hydrogen) atoms. The van der Waals surface area contributed by atoms with Crippen LogP contribution in [0.4, 0.5) is 4.39 Å². The Morgan fingerprint density at radius 1 is 1.36 bits per heavy atom. The Morgan fingerprint density at radius 3 is 2.55 bits per heavy atom. The molecule has 0 radical (unpaired) electrons. The lowest BCUT2D eigenvalue weighted by atomic mass is 9.90. The first-order valence-electron chi connectivity index (χ1n) is 7.78. The van der Waals surface area contributed by atoms with Crippen molar-refractivity contribution in [3.05, 3.63) is 35.6 Å². The molecule has 1 aromatic carbocycles. The van der Waals surface area contributed by atoms with Gasteiger partial charge in [0.25, 0.3) is 0 Å². The highest BCUT2D eigenvalue weighted by Gasteiger charge is 2.32. The van der Waals surface area contributed by atoms with Crippen molar-refractivity contribution in [1.29, 1.82) is 0 Å². The third-order valence-corrected chi connectivity index (χ3v) is 5.79. The fourth-order valence-electron chi connectivity index (χ4n) is 3.10. The predicted molar refractivity (Wildman–Crippen MR) is 86.6 cm³/mol. The summed E-state index contributed by atoms with van der Waals surface area (Å²) in [6.45, 7) is 5.28. The molecule has 1 aliphatic heterocycles. The number of benzene rings is 1. The van der Waals surface area contributed by atoms with Crippen LogP contribution in [0.15, 0.2) is 24.3 Å². The summed E-state index contributed by atoms with van der Waals surface area (Å²) in [5, 5.41) is 3.58. The molecule has 0 unspecified atom stereocenters. The molecule has 0 saturated carbocycles. The maximum absolute atomic E-state index is 13.0. The second-order valence-electron chi connectivity index (χ2n) is 6.12. The van der Waals surface area contributed by atoms with Crippen LogP contribution in [0.25, 0.3) is 0 Å². The van der Waals surface area contributed by atoms with Crippen LogP contribution < -0.4 is 5.32 Å². The number of hydrogen-bond donors (Lipinski definition) is 1. The van der Waals surface area contributed by atoms with E-state index in [1.165, 1.54) is 18.4 Å². The molecule has 6 heteroatoms. The zero-order chi connectivity index (χ0) is 16.3. The molecule has 1 aliphatic rings. The highest BCUT2D eigenvalue weighted by atomic mass is 32.2. The molecule has 1 aromatic rings. The molecular formula is C16H25FN2O2S. The average Bonchev–Trinajstić information content (AvgIpc) is 2.47. The first-order valence-corrected chi connectivity index (χ1v) is 9.62. The van der Waals surface area contributed by atoms with Gasteiger partial charge in [-0.25, -0.2) is 17.1 Å². The second kappa shape index (κ2) is 7.06. The molecule has 0 aliphatic carbocycles. The van der Waals surface area contributed by atoms with E-state index in [4.69, 9.17) is 0 Å². The lowest BCUT2D eigenvalue weighted by molar-refractivity contribution is 0.193. The van der Waals surface area contributed by atoms with Gasteiger partial charge in [-0.05, 0) is 37.0 Å². The van der Waals surface area contributed by atoms with Crippen LogP contribution in [-0.4, -0.2) is 38.1 Å². The van der Waals surface area contributed by atoms with E-state index in [9.17, 15) is 12.8 Å². The van der Waals surface area contributed by atoms with Gasteiger partial charge in [-0.1, -0.05) is 25.5 Å². The van der Waals surface area contributed by atoms with E-state index < -0.39 is 10.0 Å². The predicted octanol–water partition coefficient (Wildman–Crippen LogP) is 2.54. The normalized spacial score (nSPS) is 25.1. The van der Waals surface area contributed by atoms with Crippen LogP contribution in [0.1, 0.15) is 38.3 Å². The third kappa shape index (κ3) is 4.27. The van der Waals surface area contributed by atoms with Crippen molar-refractivity contribution in [3.63, 3.8) is 0 Å². The van der Waals surface area contributed by atoms with Crippen LogP contribution in [0.2, 0.25) is 0 Å². The molecule has 0 spiro atoms. The average molecular weight is 328 g/mol. The van der Waals surface area contributed by atoms with Gasteiger partial charge in [-0.2, -0.15) is 0 Å². The summed E-state index contributed by atoms with van der Waals surface area (Å²) in [5.41, 5.74) is 1.04. The van der Waals surface area contributed by atoms with Gasteiger partial charge in [0.15, 0.2) is 0 Å². The number of piperidine rings is 1. The minimum Gasteiger partial charge on any atom is -0.307 e. The van der Waals surface area contributed by atoms with Gasteiger partial charge in [-0.3, -0.25) is 0 Å².